The van der Waals surface area contributed by atoms with Crippen LogP contribution in [-0.2, 0) is 9.84 Å². The number of benzene rings is 1. The Morgan fingerprint density at radius 1 is 1.38 bits per heavy atom. The molecule has 0 aromatic heterocycles. The number of hydrogen-bond donors (Lipinski definition) is 1. The second-order valence-electron chi connectivity index (χ2n) is 4.38. The third kappa shape index (κ3) is 2.31. The number of hydrogen-bond acceptors (Lipinski definition) is 3. The van der Waals surface area contributed by atoms with Gasteiger partial charge in [0.1, 0.15) is 0 Å². The average molecular weight is 306 g/mol. The van der Waals surface area contributed by atoms with Crippen LogP contribution in [0.1, 0.15) is 19.4 Å². The molecule has 0 heterocycles. The third-order valence-electron chi connectivity index (χ3n) is 2.66. The molecule has 0 atom stereocenters. The molecule has 0 unspecified atom stereocenters. The van der Waals surface area contributed by atoms with Gasteiger partial charge in [-0.1, -0.05) is 22.0 Å². The zero-order valence-corrected chi connectivity index (χ0v) is 12.0. The highest BCUT2D eigenvalue weighted by atomic mass is 79.9. The number of aryl methyl sites for hydroxylation is 1. The molecular weight excluding hydrogens is 290 g/mol. The monoisotopic (exact) mass is 305 g/mol. The Kier molecular flexibility index (Phi) is 3.82. The summed E-state index contributed by atoms with van der Waals surface area (Å²) < 4.78 is 24.5. The van der Waals surface area contributed by atoms with Crippen molar-refractivity contribution in [1.82, 2.24) is 0 Å². The molecule has 0 bridgehead atoms. The van der Waals surface area contributed by atoms with Crippen molar-refractivity contribution in [3.05, 3.63) is 28.2 Å². The molecule has 2 N–H and O–H groups in total. The summed E-state index contributed by atoms with van der Waals surface area (Å²) in [6.45, 7) is 5.17. The van der Waals surface area contributed by atoms with Crippen LogP contribution in [0.3, 0.4) is 0 Å². The van der Waals surface area contributed by atoms with Crippen LogP contribution in [0.15, 0.2) is 27.6 Å². The average Bonchev–Trinajstić information content (AvgIpc) is 2.21. The molecule has 90 valence electrons. The molecule has 0 aliphatic heterocycles. The van der Waals surface area contributed by atoms with Crippen molar-refractivity contribution >= 4 is 25.8 Å². The topological polar surface area (TPSA) is 60.2 Å². The molecular formula is C11H16BrNO2S. The van der Waals surface area contributed by atoms with E-state index in [9.17, 15) is 8.42 Å². The summed E-state index contributed by atoms with van der Waals surface area (Å²) in [5.41, 5.74) is 6.27. The lowest BCUT2D eigenvalue weighted by Gasteiger charge is -2.23. The first-order valence-electron chi connectivity index (χ1n) is 4.93. The minimum atomic E-state index is -3.40. The van der Waals surface area contributed by atoms with Crippen molar-refractivity contribution in [2.45, 2.75) is 30.4 Å². The number of nitrogens with two attached hydrogens (primary N) is 1. The molecule has 5 heteroatoms. The van der Waals surface area contributed by atoms with Crippen molar-refractivity contribution < 1.29 is 8.42 Å². The van der Waals surface area contributed by atoms with Crippen LogP contribution in [-0.4, -0.2) is 19.7 Å². The predicted octanol–water partition coefficient (Wildman–Crippen LogP) is 2.27. The Labute approximate surface area is 105 Å². The van der Waals surface area contributed by atoms with Crippen molar-refractivity contribution in [3.63, 3.8) is 0 Å². The van der Waals surface area contributed by atoms with Gasteiger partial charge in [-0.05, 0) is 38.5 Å². The summed E-state index contributed by atoms with van der Waals surface area (Å²) in [5, 5.41) is 0. The molecule has 0 saturated heterocycles. The highest BCUT2D eigenvalue weighted by Gasteiger charge is 2.35. The molecule has 0 radical (unpaired) electrons. The van der Waals surface area contributed by atoms with E-state index in [0.29, 0.717) is 4.90 Å². The Bertz CT molecular complexity index is 495. The molecule has 0 saturated carbocycles. The first-order valence-corrected chi connectivity index (χ1v) is 7.21. The van der Waals surface area contributed by atoms with E-state index >= 15 is 0 Å². The van der Waals surface area contributed by atoms with Gasteiger partial charge in [-0.3, -0.25) is 0 Å². The molecule has 3 nitrogen and oxygen atoms in total. The first-order chi connectivity index (χ1) is 7.22. The molecule has 1 rings (SSSR count). The smallest absolute Gasteiger partial charge is 0.185 e. The van der Waals surface area contributed by atoms with Gasteiger partial charge in [0.05, 0.1) is 9.64 Å². The zero-order chi connectivity index (χ0) is 12.6. The lowest BCUT2D eigenvalue weighted by molar-refractivity contribution is 0.548. The quantitative estimate of drug-likeness (QED) is 0.932. The Morgan fingerprint density at radius 2 is 1.94 bits per heavy atom. The third-order valence-corrected chi connectivity index (χ3v) is 5.79. The maximum absolute atomic E-state index is 12.4. The van der Waals surface area contributed by atoms with Crippen LogP contribution < -0.4 is 5.73 Å². The SMILES string of the molecule is Cc1ccc(Br)cc1S(=O)(=O)C(C)(C)CN. The minimum Gasteiger partial charge on any atom is -0.329 e. The fourth-order valence-electron chi connectivity index (χ4n) is 1.27. The number of sulfone groups is 1. The Morgan fingerprint density at radius 3 is 2.44 bits per heavy atom. The van der Waals surface area contributed by atoms with E-state index in [4.69, 9.17) is 5.73 Å². The molecule has 0 aliphatic rings. The van der Waals surface area contributed by atoms with Gasteiger partial charge in [-0.15, -0.1) is 0 Å². The minimum absolute atomic E-state index is 0.0985. The first kappa shape index (κ1) is 13.7. The molecule has 16 heavy (non-hydrogen) atoms. The van der Waals surface area contributed by atoms with E-state index in [1.54, 1.807) is 32.9 Å². The van der Waals surface area contributed by atoms with Gasteiger partial charge in [0.25, 0.3) is 0 Å². The molecule has 1 aromatic rings. The molecule has 0 amide bonds. The standard InChI is InChI=1S/C11H16BrNO2S/c1-8-4-5-9(12)6-10(8)16(14,15)11(2,3)7-13/h4-6H,7,13H2,1-3H3. The summed E-state index contributed by atoms with van der Waals surface area (Å²) in [7, 11) is -3.40. The summed E-state index contributed by atoms with van der Waals surface area (Å²) in [6, 6.07) is 5.23. The van der Waals surface area contributed by atoms with Crippen LogP contribution in [0, 0.1) is 6.92 Å². The van der Waals surface area contributed by atoms with Crippen LogP contribution in [0.5, 0.6) is 0 Å². The van der Waals surface area contributed by atoms with E-state index in [1.807, 2.05) is 6.07 Å². The van der Waals surface area contributed by atoms with E-state index in [-0.39, 0.29) is 6.54 Å². The van der Waals surface area contributed by atoms with E-state index in [1.165, 1.54) is 0 Å². The second kappa shape index (κ2) is 4.47. The maximum atomic E-state index is 12.4. The number of halogens is 1. The van der Waals surface area contributed by atoms with Gasteiger partial charge >= 0.3 is 0 Å². The highest BCUT2D eigenvalue weighted by Crippen LogP contribution is 2.29. The summed E-state index contributed by atoms with van der Waals surface area (Å²) in [5.74, 6) is 0. The van der Waals surface area contributed by atoms with Gasteiger partial charge in [0, 0.05) is 11.0 Å². The van der Waals surface area contributed by atoms with Gasteiger partial charge in [-0.25, -0.2) is 8.42 Å². The Balaban J connectivity index is 3.44. The van der Waals surface area contributed by atoms with E-state index < -0.39 is 14.6 Å². The largest absolute Gasteiger partial charge is 0.329 e. The van der Waals surface area contributed by atoms with Crippen molar-refractivity contribution in [2.24, 2.45) is 5.73 Å². The van der Waals surface area contributed by atoms with Crippen molar-refractivity contribution in [3.8, 4) is 0 Å². The fraction of sp³-hybridized carbons (Fsp3) is 0.455. The Hall–Kier alpha value is -0.390. The normalized spacial score (nSPS) is 12.8. The fourth-order valence-corrected chi connectivity index (χ4v) is 3.37. The second-order valence-corrected chi connectivity index (χ2v) is 7.84. The van der Waals surface area contributed by atoms with Gasteiger partial charge in [0.2, 0.25) is 0 Å². The van der Waals surface area contributed by atoms with Crippen LogP contribution >= 0.6 is 15.9 Å². The van der Waals surface area contributed by atoms with Crippen LogP contribution in [0.2, 0.25) is 0 Å². The van der Waals surface area contributed by atoms with Crippen LogP contribution in [0.25, 0.3) is 0 Å². The molecule has 0 aliphatic carbocycles. The highest BCUT2D eigenvalue weighted by molar-refractivity contribution is 9.10. The molecule has 0 fully saturated rings. The summed E-state index contributed by atoms with van der Waals surface area (Å²) in [6.07, 6.45) is 0. The lowest BCUT2D eigenvalue weighted by atomic mass is 10.2. The van der Waals surface area contributed by atoms with Gasteiger partial charge < -0.3 is 5.73 Å². The summed E-state index contributed by atoms with van der Waals surface area (Å²) in [4.78, 5) is 0.345. The predicted molar refractivity (Wildman–Crippen MR) is 69.2 cm³/mol. The van der Waals surface area contributed by atoms with E-state index in [0.717, 1.165) is 10.0 Å². The lowest BCUT2D eigenvalue weighted by Crippen LogP contribution is -2.39. The van der Waals surface area contributed by atoms with Gasteiger partial charge in [0.15, 0.2) is 9.84 Å². The molecule has 1 aromatic carbocycles. The number of rotatable bonds is 3. The van der Waals surface area contributed by atoms with Crippen LogP contribution in [0.4, 0.5) is 0 Å². The van der Waals surface area contributed by atoms with E-state index in [2.05, 4.69) is 15.9 Å². The zero-order valence-electron chi connectivity index (χ0n) is 9.62. The maximum Gasteiger partial charge on any atom is 0.185 e. The summed E-state index contributed by atoms with van der Waals surface area (Å²) >= 11 is 3.28. The van der Waals surface area contributed by atoms with Crippen molar-refractivity contribution in [1.29, 1.82) is 0 Å². The van der Waals surface area contributed by atoms with Crippen molar-refractivity contribution in [2.75, 3.05) is 6.54 Å². The molecule has 0 spiro atoms. The van der Waals surface area contributed by atoms with Gasteiger partial charge in [-0.2, -0.15) is 0 Å².